The lowest BCUT2D eigenvalue weighted by molar-refractivity contribution is 0.0700. The maximum absolute atomic E-state index is 12.1. The Morgan fingerprint density at radius 3 is 2.40 bits per heavy atom. The number of rotatable bonds is 4. The Hall–Kier alpha value is -1.92. The third-order valence-electron chi connectivity index (χ3n) is 2.81. The first kappa shape index (κ1) is 14.5. The lowest BCUT2D eigenvalue weighted by atomic mass is 10.1. The van der Waals surface area contributed by atoms with Gasteiger partial charge in [-0.3, -0.25) is 14.2 Å². The highest BCUT2D eigenvalue weighted by atomic mass is 35.5. The van der Waals surface area contributed by atoms with Crippen molar-refractivity contribution in [1.29, 1.82) is 0 Å². The number of halogens is 1. The molecule has 0 unspecified atom stereocenters. The largest absolute Gasteiger partial charge is 0.477 e. The summed E-state index contributed by atoms with van der Waals surface area (Å²) >= 11 is 6.36. The van der Waals surface area contributed by atoms with Gasteiger partial charge in [-0.25, -0.2) is 4.79 Å². The molecule has 1 aromatic carbocycles. The molecule has 2 rings (SSSR count). The van der Waals surface area contributed by atoms with E-state index in [-0.39, 0.29) is 22.9 Å². The van der Waals surface area contributed by atoms with Crippen LogP contribution in [0.1, 0.15) is 25.7 Å². The van der Waals surface area contributed by atoms with E-state index in [0.717, 1.165) is 0 Å². The van der Waals surface area contributed by atoms with Crippen molar-refractivity contribution in [2.75, 3.05) is 0 Å². The molecular formula is C13H10ClNO4S. The van der Waals surface area contributed by atoms with Gasteiger partial charge in [-0.2, -0.15) is 0 Å². The summed E-state index contributed by atoms with van der Waals surface area (Å²) in [5, 5.41) is 9.46. The van der Waals surface area contributed by atoms with Gasteiger partial charge in [0.2, 0.25) is 0 Å². The first-order valence-corrected chi connectivity index (χ1v) is 6.82. The van der Waals surface area contributed by atoms with E-state index >= 15 is 0 Å². The van der Waals surface area contributed by atoms with Crippen molar-refractivity contribution < 1.29 is 14.7 Å². The predicted octanol–water partition coefficient (Wildman–Crippen LogP) is 2.45. The molecular weight excluding hydrogens is 302 g/mol. The fourth-order valence-corrected chi connectivity index (χ4v) is 2.69. The second-order valence-corrected chi connectivity index (χ2v) is 5.50. The number of Topliss-reactive ketones (excluding diaryl/α,β-unsaturated/α-hetero) is 1. The van der Waals surface area contributed by atoms with E-state index < -0.39 is 10.8 Å². The van der Waals surface area contributed by atoms with Crippen LogP contribution in [0.25, 0.3) is 0 Å². The van der Waals surface area contributed by atoms with Gasteiger partial charge in [-0.05, 0) is 31.2 Å². The molecule has 104 valence electrons. The van der Waals surface area contributed by atoms with Gasteiger partial charge in [0, 0.05) is 16.3 Å². The second-order valence-electron chi connectivity index (χ2n) is 4.10. The van der Waals surface area contributed by atoms with Crippen LogP contribution in [0.5, 0.6) is 0 Å². The standard InChI is InChI=1S/C13H10ClNO4S/c1-7-11(12(17)18)20-13(19)15(7)6-10(16)8-2-4-9(14)5-3-8/h2-5H,6H2,1H3,(H,17,18). The van der Waals surface area contributed by atoms with Gasteiger partial charge in [0.1, 0.15) is 4.88 Å². The van der Waals surface area contributed by atoms with Gasteiger partial charge in [0.05, 0.1) is 6.54 Å². The van der Waals surface area contributed by atoms with Crippen molar-refractivity contribution in [2.24, 2.45) is 0 Å². The van der Waals surface area contributed by atoms with Crippen molar-refractivity contribution in [3.8, 4) is 0 Å². The Bertz CT molecular complexity index is 730. The number of carbonyl (C=O) groups is 2. The molecule has 0 atom stereocenters. The van der Waals surface area contributed by atoms with Gasteiger partial charge in [0.25, 0.3) is 0 Å². The molecule has 0 saturated carbocycles. The van der Waals surface area contributed by atoms with E-state index in [0.29, 0.717) is 21.9 Å². The third kappa shape index (κ3) is 2.81. The molecule has 0 bridgehead atoms. The number of aromatic nitrogens is 1. The van der Waals surface area contributed by atoms with E-state index in [9.17, 15) is 14.4 Å². The molecule has 0 amide bonds. The van der Waals surface area contributed by atoms with E-state index in [1.807, 2.05) is 0 Å². The van der Waals surface area contributed by atoms with Crippen molar-refractivity contribution in [1.82, 2.24) is 4.57 Å². The number of hydrogen-bond donors (Lipinski definition) is 1. The topological polar surface area (TPSA) is 76.4 Å². The van der Waals surface area contributed by atoms with E-state index in [2.05, 4.69) is 0 Å². The monoisotopic (exact) mass is 311 g/mol. The fourth-order valence-electron chi connectivity index (χ4n) is 1.73. The van der Waals surface area contributed by atoms with Crippen molar-refractivity contribution in [2.45, 2.75) is 13.5 Å². The Kier molecular flexibility index (Phi) is 4.06. The summed E-state index contributed by atoms with van der Waals surface area (Å²) in [6, 6.07) is 6.30. The van der Waals surface area contributed by atoms with Crippen LogP contribution in [0, 0.1) is 6.92 Å². The number of nitrogens with zero attached hydrogens (tertiary/aromatic N) is 1. The van der Waals surface area contributed by atoms with Crippen molar-refractivity contribution >= 4 is 34.7 Å². The summed E-state index contributed by atoms with van der Waals surface area (Å²) < 4.78 is 1.17. The zero-order chi connectivity index (χ0) is 14.9. The van der Waals surface area contributed by atoms with Crippen LogP contribution in [-0.2, 0) is 6.54 Å². The SMILES string of the molecule is Cc1c(C(=O)O)sc(=O)n1CC(=O)c1ccc(Cl)cc1. The smallest absolute Gasteiger partial charge is 0.347 e. The molecule has 0 aliphatic heterocycles. The van der Waals surface area contributed by atoms with Crippen LogP contribution >= 0.6 is 22.9 Å². The molecule has 20 heavy (non-hydrogen) atoms. The summed E-state index contributed by atoms with van der Waals surface area (Å²) in [7, 11) is 0. The molecule has 2 aromatic rings. The minimum absolute atomic E-state index is 0.0427. The molecule has 0 radical (unpaired) electrons. The molecule has 0 aliphatic rings. The van der Waals surface area contributed by atoms with E-state index in [1.54, 1.807) is 24.3 Å². The lowest BCUT2D eigenvalue weighted by Crippen LogP contribution is -2.20. The van der Waals surface area contributed by atoms with Gasteiger partial charge >= 0.3 is 10.8 Å². The first-order chi connectivity index (χ1) is 9.40. The number of thiazole rings is 1. The summed E-state index contributed by atoms with van der Waals surface area (Å²) in [4.78, 5) is 34.2. The first-order valence-electron chi connectivity index (χ1n) is 5.62. The lowest BCUT2D eigenvalue weighted by Gasteiger charge is -2.04. The summed E-state index contributed by atoms with van der Waals surface area (Å²) in [6.07, 6.45) is 0. The molecule has 1 heterocycles. The molecule has 0 saturated heterocycles. The van der Waals surface area contributed by atoms with E-state index in [1.165, 1.54) is 11.5 Å². The van der Waals surface area contributed by atoms with Crippen LogP contribution in [0.2, 0.25) is 5.02 Å². The highest BCUT2D eigenvalue weighted by Crippen LogP contribution is 2.14. The predicted molar refractivity (Wildman–Crippen MR) is 76.1 cm³/mol. The van der Waals surface area contributed by atoms with Gasteiger partial charge in [-0.15, -0.1) is 0 Å². The fraction of sp³-hybridized carbons (Fsp3) is 0.154. The minimum atomic E-state index is -1.16. The number of carboxylic acid groups (broad SMARTS) is 1. The molecule has 1 aromatic heterocycles. The Morgan fingerprint density at radius 1 is 1.30 bits per heavy atom. The summed E-state index contributed by atoms with van der Waals surface area (Å²) in [6.45, 7) is 1.33. The van der Waals surface area contributed by atoms with E-state index in [4.69, 9.17) is 16.7 Å². The quantitative estimate of drug-likeness (QED) is 0.880. The number of ketones is 1. The van der Waals surface area contributed by atoms with Gasteiger partial charge < -0.3 is 5.11 Å². The second kappa shape index (κ2) is 5.60. The van der Waals surface area contributed by atoms with Crippen LogP contribution in [0.15, 0.2) is 29.1 Å². The summed E-state index contributed by atoms with van der Waals surface area (Å²) in [5.74, 6) is -1.44. The van der Waals surface area contributed by atoms with Gasteiger partial charge in [-0.1, -0.05) is 22.9 Å². The molecule has 0 aliphatic carbocycles. The van der Waals surface area contributed by atoms with Gasteiger partial charge in [0.15, 0.2) is 5.78 Å². The van der Waals surface area contributed by atoms with Crippen LogP contribution in [-0.4, -0.2) is 21.4 Å². The maximum atomic E-state index is 12.1. The summed E-state index contributed by atoms with van der Waals surface area (Å²) in [5.41, 5.74) is 0.707. The average molecular weight is 312 g/mol. The zero-order valence-electron chi connectivity index (χ0n) is 10.4. The minimum Gasteiger partial charge on any atom is -0.477 e. The molecule has 5 nitrogen and oxygen atoms in total. The Labute approximate surface area is 123 Å². The number of carboxylic acids is 1. The van der Waals surface area contributed by atoms with Crippen LogP contribution < -0.4 is 4.87 Å². The van der Waals surface area contributed by atoms with Crippen molar-refractivity contribution in [3.05, 3.63) is 55.1 Å². The maximum Gasteiger partial charge on any atom is 0.347 e. The van der Waals surface area contributed by atoms with Crippen molar-refractivity contribution in [3.63, 3.8) is 0 Å². The molecule has 0 spiro atoms. The number of benzene rings is 1. The molecule has 1 N–H and O–H groups in total. The Morgan fingerprint density at radius 2 is 1.90 bits per heavy atom. The van der Waals surface area contributed by atoms with Crippen LogP contribution in [0.4, 0.5) is 0 Å². The highest BCUT2D eigenvalue weighted by molar-refractivity contribution is 7.11. The number of carbonyl (C=O) groups excluding carboxylic acids is 1. The highest BCUT2D eigenvalue weighted by Gasteiger charge is 2.18. The average Bonchev–Trinajstić information content (AvgIpc) is 2.67. The van der Waals surface area contributed by atoms with Crippen LogP contribution in [0.3, 0.4) is 0 Å². The molecule has 7 heteroatoms. The number of aromatic carboxylic acids is 1. The molecule has 0 fully saturated rings. The third-order valence-corrected chi connectivity index (χ3v) is 4.13. The normalized spacial score (nSPS) is 10.5. The number of hydrogen-bond acceptors (Lipinski definition) is 4. The Balaban J connectivity index is 2.31. The zero-order valence-corrected chi connectivity index (χ0v) is 12.0.